The largest absolute Gasteiger partial charge is 0.494 e. The van der Waals surface area contributed by atoms with Crippen molar-refractivity contribution in [3.63, 3.8) is 0 Å². The summed E-state index contributed by atoms with van der Waals surface area (Å²) >= 11 is 0. The highest BCUT2D eigenvalue weighted by Crippen LogP contribution is 2.22. The Kier molecular flexibility index (Phi) is 4.94. The van der Waals surface area contributed by atoms with Crippen molar-refractivity contribution in [1.82, 2.24) is 5.32 Å². The lowest BCUT2D eigenvalue weighted by molar-refractivity contribution is 0.0952. The fraction of sp³-hybridized carbons (Fsp3) is 0.333. The molecule has 0 spiro atoms. The van der Waals surface area contributed by atoms with Crippen LogP contribution in [0.1, 0.15) is 23.7 Å². The Morgan fingerprint density at radius 1 is 1.38 bits per heavy atom. The standard InChI is InChI=1S/C15H17NO5/c1-2-20-10-4-5-11-12(15(19)16-6-3-7-17)9-14(18)21-13(11)8-10/h4-5,8-9,17H,2-3,6-7H2,1H3,(H,16,19). The molecule has 0 bridgehead atoms. The van der Waals surface area contributed by atoms with Crippen molar-refractivity contribution in [2.24, 2.45) is 0 Å². The number of fused-ring (bicyclic) bond motifs is 1. The van der Waals surface area contributed by atoms with Crippen molar-refractivity contribution in [3.05, 3.63) is 40.2 Å². The summed E-state index contributed by atoms with van der Waals surface area (Å²) in [6, 6.07) is 6.16. The molecule has 1 aromatic carbocycles. The van der Waals surface area contributed by atoms with Gasteiger partial charge in [-0.15, -0.1) is 0 Å². The molecule has 0 aliphatic carbocycles. The number of aliphatic hydroxyl groups excluding tert-OH is 1. The van der Waals surface area contributed by atoms with Crippen LogP contribution in [0.15, 0.2) is 33.5 Å². The molecule has 1 aromatic heterocycles. The van der Waals surface area contributed by atoms with E-state index in [1.54, 1.807) is 18.2 Å². The molecule has 2 aromatic rings. The average Bonchev–Trinajstić information content (AvgIpc) is 2.46. The van der Waals surface area contributed by atoms with E-state index in [4.69, 9.17) is 14.3 Å². The molecule has 0 unspecified atom stereocenters. The summed E-state index contributed by atoms with van der Waals surface area (Å²) in [5, 5.41) is 11.9. The van der Waals surface area contributed by atoms with Gasteiger partial charge in [0.05, 0.1) is 12.2 Å². The van der Waals surface area contributed by atoms with Gasteiger partial charge in [-0.3, -0.25) is 4.79 Å². The first-order valence-electron chi connectivity index (χ1n) is 6.75. The Hall–Kier alpha value is -2.34. The molecule has 2 rings (SSSR count). The van der Waals surface area contributed by atoms with Gasteiger partial charge in [0.25, 0.3) is 5.91 Å². The monoisotopic (exact) mass is 291 g/mol. The van der Waals surface area contributed by atoms with Crippen LogP contribution in [0.25, 0.3) is 11.0 Å². The third kappa shape index (κ3) is 3.61. The van der Waals surface area contributed by atoms with Crippen molar-refractivity contribution >= 4 is 16.9 Å². The normalized spacial score (nSPS) is 10.6. The van der Waals surface area contributed by atoms with Crippen molar-refractivity contribution in [3.8, 4) is 5.75 Å². The Labute approximate surface area is 121 Å². The summed E-state index contributed by atoms with van der Waals surface area (Å²) in [5.74, 6) is 0.205. The maximum atomic E-state index is 12.1. The predicted octanol–water partition coefficient (Wildman–Crippen LogP) is 1.30. The fourth-order valence-electron chi connectivity index (χ4n) is 1.96. The molecule has 1 heterocycles. The van der Waals surface area contributed by atoms with Crippen LogP contribution in [0.5, 0.6) is 5.75 Å². The van der Waals surface area contributed by atoms with E-state index in [0.717, 1.165) is 6.07 Å². The van der Waals surface area contributed by atoms with Gasteiger partial charge in [0.1, 0.15) is 11.3 Å². The Bertz CT molecular complexity index is 692. The van der Waals surface area contributed by atoms with Crippen LogP contribution < -0.4 is 15.7 Å². The van der Waals surface area contributed by atoms with Crippen molar-refractivity contribution < 1.29 is 19.1 Å². The van der Waals surface area contributed by atoms with E-state index in [9.17, 15) is 9.59 Å². The summed E-state index contributed by atoms with van der Waals surface area (Å²) in [4.78, 5) is 23.7. The van der Waals surface area contributed by atoms with E-state index in [0.29, 0.717) is 36.3 Å². The van der Waals surface area contributed by atoms with E-state index in [1.165, 1.54) is 0 Å². The lowest BCUT2D eigenvalue weighted by Crippen LogP contribution is -2.26. The second kappa shape index (κ2) is 6.90. The number of ether oxygens (including phenoxy) is 1. The predicted molar refractivity (Wildman–Crippen MR) is 77.7 cm³/mol. The Morgan fingerprint density at radius 3 is 2.90 bits per heavy atom. The van der Waals surface area contributed by atoms with Crippen molar-refractivity contribution in [1.29, 1.82) is 0 Å². The number of aliphatic hydroxyl groups is 1. The number of carbonyl (C=O) groups excluding carboxylic acids is 1. The van der Waals surface area contributed by atoms with Gasteiger partial charge in [-0.1, -0.05) is 0 Å². The number of amides is 1. The number of rotatable bonds is 6. The maximum Gasteiger partial charge on any atom is 0.337 e. The minimum Gasteiger partial charge on any atom is -0.494 e. The third-order valence-corrected chi connectivity index (χ3v) is 2.89. The zero-order valence-corrected chi connectivity index (χ0v) is 11.7. The van der Waals surface area contributed by atoms with E-state index in [-0.39, 0.29) is 18.1 Å². The molecular formula is C15H17NO5. The molecule has 0 aliphatic rings. The lowest BCUT2D eigenvalue weighted by atomic mass is 10.1. The number of benzene rings is 1. The van der Waals surface area contributed by atoms with Gasteiger partial charge in [-0.25, -0.2) is 4.79 Å². The Morgan fingerprint density at radius 2 is 2.19 bits per heavy atom. The molecular weight excluding hydrogens is 274 g/mol. The van der Waals surface area contributed by atoms with Gasteiger partial charge in [0.2, 0.25) is 0 Å². The molecule has 0 saturated heterocycles. The molecule has 6 heteroatoms. The van der Waals surface area contributed by atoms with Gasteiger partial charge < -0.3 is 19.6 Å². The molecule has 0 atom stereocenters. The average molecular weight is 291 g/mol. The maximum absolute atomic E-state index is 12.1. The highest BCUT2D eigenvalue weighted by Gasteiger charge is 2.13. The number of carbonyl (C=O) groups is 1. The van der Waals surface area contributed by atoms with Gasteiger partial charge in [0.15, 0.2) is 0 Å². The van der Waals surface area contributed by atoms with Crippen LogP contribution in [0.2, 0.25) is 0 Å². The quantitative estimate of drug-likeness (QED) is 0.618. The highest BCUT2D eigenvalue weighted by molar-refractivity contribution is 6.05. The molecule has 1 amide bonds. The van der Waals surface area contributed by atoms with Crippen LogP contribution in [0.3, 0.4) is 0 Å². The van der Waals surface area contributed by atoms with E-state index >= 15 is 0 Å². The summed E-state index contributed by atoms with van der Waals surface area (Å²) in [7, 11) is 0. The first-order valence-corrected chi connectivity index (χ1v) is 6.75. The summed E-state index contributed by atoms with van der Waals surface area (Å²) in [6.07, 6.45) is 0.458. The smallest absolute Gasteiger partial charge is 0.337 e. The molecule has 21 heavy (non-hydrogen) atoms. The van der Waals surface area contributed by atoms with Crippen LogP contribution >= 0.6 is 0 Å². The van der Waals surface area contributed by atoms with Gasteiger partial charge >= 0.3 is 5.63 Å². The minimum absolute atomic E-state index is 0.00429. The minimum atomic E-state index is -0.594. The van der Waals surface area contributed by atoms with E-state index in [1.807, 2.05) is 6.92 Å². The number of hydrogen-bond acceptors (Lipinski definition) is 5. The molecule has 0 aliphatic heterocycles. The topological polar surface area (TPSA) is 88.8 Å². The molecule has 6 nitrogen and oxygen atoms in total. The van der Waals surface area contributed by atoms with Crippen LogP contribution in [0.4, 0.5) is 0 Å². The Balaban J connectivity index is 2.39. The zero-order valence-electron chi connectivity index (χ0n) is 11.7. The fourth-order valence-corrected chi connectivity index (χ4v) is 1.96. The first-order chi connectivity index (χ1) is 10.2. The van der Waals surface area contributed by atoms with Crippen molar-refractivity contribution in [2.75, 3.05) is 19.8 Å². The third-order valence-electron chi connectivity index (χ3n) is 2.89. The first kappa shape index (κ1) is 15.1. The molecule has 0 fully saturated rings. The summed E-state index contributed by atoms with van der Waals surface area (Å²) in [5.41, 5.74) is -0.0357. The second-order valence-electron chi connectivity index (χ2n) is 4.40. The summed E-state index contributed by atoms with van der Waals surface area (Å²) in [6.45, 7) is 2.69. The molecule has 112 valence electrons. The highest BCUT2D eigenvalue weighted by atomic mass is 16.5. The molecule has 2 N–H and O–H groups in total. The second-order valence-corrected chi connectivity index (χ2v) is 4.40. The van der Waals surface area contributed by atoms with Crippen LogP contribution in [-0.2, 0) is 0 Å². The van der Waals surface area contributed by atoms with E-state index < -0.39 is 5.63 Å². The van der Waals surface area contributed by atoms with E-state index in [2.05, 4.69) is 5.32 Å². The lowest BCUT2D eigenvalue weighted by Gasteiger charge is -2.08. The van der Waals surface area contributed by atoms with Gasteiger partial charge in [-0.05, 0) is 25.5 Å². The SMILES string of the molecule is CCOc1ccc2c(C(=O)NCCCO)cc(=O)oc2c1. The van der Waals surface area contributed by atoms with Crippen LogP contribution in [0, 0.1) is 0 Å². The van der Waals surface area contributed by atoms with Gasteiger partial charge in [0, 0.05) is 30.7 Å². The van der Waals surface area contributed by atoms with Crippen molar-refractivity contribution in [2.45, 2.75) is 13.3 Å². The number of nitrogens with one attached hydrogen (secondary N) is 1. The zero-order chi connectivity index (χ0) is 15.2. The van der Waals surface area contributed by atoms with Gasteiger partial charge in [-0.2, -0.15) is 0 Å². The number of hydrogen-bond donors (Lipinski definition) is 2. The molecule has 0 radical (unpaired) electrons. The summed E-state index contributed by atoms with van der Waals surface area (Å²) < 4.78 is 10.5. The van der Waals surface area contributed by atoms with Crippen LogP contribution in [-0.4, -0.2) is 30.8 Å². The molecule has 0 saturated carbocycles.